The van der Waals surface area contributed by atoms with E-state index in [9.17, 15) is 22.8 Å². The molecule has 21 heavy (non-hydrogen) atoms. The van der Waals surface area contributed by atoms with Crippen molar-refractivity contribution < 1.29 is 22.8 Å². The summed E-state index contributed by atoms with van der Waals surface area (Å²) in [6.45, 7) is 0. The number of primary amides is 1. The van der Waals surface area contributed by atoms with Gasteiger partial charge in [-0.25, -0.2) is 18.0 Å². The number of benzene rings is 1. The predicted octanol–water partition coefficient (Wildman–Crippen LogP) is 2.17. The second kappa shape index (κ2) is 5.57. The molecule has 1 aromatic heterocycles. The van der Waals surface area contributed by atoms with Gasteiger partial charge in [0.1, 0.15) is 5.69 Å². The lowest BCUT2D eigenvalue weighted by molar-refractivity contribution is 0.102. The minimum atomic E-state index is -1.62. The lowest BCUT2D eigenvalue weighted by atomic mass is 10.2. The number of hydrogen-bond donors (Lipinski definition) is 4. The van der Waals surface area contributed by atoms with Crippen molar-refractivity contribution in [3.05, 3.63) is 47.5 Å². The molecule has 0 bridgehead atoms. The first-order chi connectivity index (χ1) is 9.90. The van der Waals surface area contributed by atoms with Gasteiger partial charge in [-0.15, -0.1) is 0 Å². The Morgan fingerprint density at radius 3 is 2.43 bits per heavy atom. The Bertz CT molecular complexity index is 701. The quantitative estimate of drug-likeness (QED) is 0.653. The smallest absolute Gasteiger partial charge is 0.316 e. The van der Waals surface area contributed by atoms with Crippen LogP contribution in [-0.2, 0) is 0 Å². The second-order valence-corrected chi connectivity index (χ2v) is 3.95. The lowest BCUT2D eigenvalue weighted by Crippen LogP contribution is -2.22. The maximum atomic E-state index is 14.0. The number of carbonyl (C=O) groups excluding carboxylic acids is 2. The van der Waals surface area contributed by atoms with Crippen LogP contribution in [0, 0.1) is 17.5 Å². The fourth-order valence-corrected chi connectivity index (χ4v) is 1.59. The van der Waals surface area contributed by atoms with Crippen LogP contribution in [0.1, 0.15) is 10.4 Å². The molecule has 6 nitrogen and oxygen atoms in total. The van der Waals surface area contributed by atoms with Gasteiger partial charge in [0.25, 0.3) is 5.91 Å². The highest BCUT2D eigenvalue weighted by molar-refractivity contribution is 6.04. The normalized spacial score (nSPS) is 10.2. The van der Waals surface area contributed by atoms with E-state index in [2.05, 4.69) is 10.3 Å². The van der Waals surface area contributed by atoms with Crippen LogP contribution in [-0.4, -0.2) is 16.9 Å². The van der Waals surface area contributed by atoms with Gasteiger partial charge >= 0.3 is 6.03 Å². The number of H-pyrrole nitrogens is 1. The summed E-state index contributed by atoms with van der Waals surface area (Å²) in [5.41, 5.74) is 3.19. The monoisotopic (exact) mass is 298 g/mol. The Hall–Kier alpha value is -2.97. The lowest BCUT2D eigenvalue weighted by Gasteiger charge is -2.11. The molecule has 0 fully saturated rings. The van der Waals surface area contributed by atoms with Crippen LogP contribution < -0.4 is 16.4 Å². The zero-order valence-electron chi connectivity index (χ0n) is 10.3. The summed E-state index contributed by atoms with van der Waals surface area (Å²) in [6, 6.07) is 0.582. The highest BCUT2D eigenvalue weighted by Crippen LogP contribution is 2.28. The number of nitrogens with one attached hydrogen (secondary N) is 3. The molecule has 0 saturated carbocycles. The van der Waals surface area contributed by atoms with Gasteiger partial charge in [-0.2, -0.15) is 0 Å². The molecule has 0 spiro atoms. The summed E-state index contributed by atoms with van der Waals surface area (Å²) >= 11 is 0. The number of aromatic amines is 1. The molecule has 2 rings (SSSR count). The van der Waals surface area contributed by atoms with Crippen molar-refractivity contribution in [2.24, 2.45) is 5.73 Å². The van der Waals surface area contributed by atoms with E-state index in [0.29, 0.717) is 6.07 Å². The fraction of sp³-hybridized carbons (Fsp3) is 0. The summed E-state index contributed by atoms with van der Waals surface area (Å²) in [6.07, 6.45) is 2.78. The minimum absolute atomic E-state index is 0.156. The summed E-state index contributed by atoms with van der Waals surface area (Å²) < 4.78 is 40.8. The van der Waals surface area contributed by atoms with Gasteiger partial charge in [0.05, 0.1) is 11.3 Å². The van der Waals surface area contributed by atoms with Crippen LogP contribution in [0.2, 0.25) is 0 Å². The van der Waals surface area contributed by atoms with Crippen LogP contribution in [0.25, 0.3) is 0 Å². The molecule has 9 heteroatoms. The average Bonchev–Trinajstić information content (AvgIpc) is 2.94. The van der Waals surface area contributed by atoms with E-state index in [1.165, 1.54) is 18.5 Å². The summed E-state index contributed by atoms with van der Waals surface area (Å²) in [5.74, 6) is -5.17. The largest absolute Gasteiger partial charge is 0.367 e. The van der Waals surface area contributed by atoms with Gasteiger partial charge in [0.2, 0.25) is 0 Å². The number of nitrogens with two attached hydrogens (primary N) is 1. The molecule has 0 saturated heterocycles. The maximum Gasteiger partial charge on any atom is 0.316 e. The molecule has 0 aliphatic rings. The number of rotatable bonds is 3. The third-order valence-corrected chi connectivity index (χ3v) is 2.51. The highest BCUT2D eigenvalue weighted by atomic mass is 19.2. The topological polar surface area (TPSA) is 100 Å². The third kappa shape index (κ3) is 2.96. The molecule has 1 heterocycles. The van der Waals surface area contributed by atoms with Crippen molar-refractivity contribution >= 4 is 23.3 Å². The molecule has 0 radical (unpaired) electrons. The van der Waals surface area contributed by atoms with Crippen molar-refractivity contribution in [2.45, 2.75) is 0 Å². The second-order valence-electron chi connectivity index (χ2n) is 3.95. The van der Waals surface area contributed by atoms with E-state index in [0.717, 1.165) is 0 Å². The third-order valence-electron chi connectivity index (χ3n) is 2.51. The molecular weight excluding hydrogens is 289 g/mol. The van der Waals surface area contributed by atoms with Crippen molar-refractivity contribution in [3.8, 4) is 0 Å². The zero-order chi connectivity index (χ0) is 15.6. The molecule has 2 aromatic rings. The van der Waals surface area contributed by atoms with Gasteiger partial charge in [0, 0.05) is 18.5 Å². The van der Waals surface area contributed by atoms with Crippen LogP contribution >= 0.6 is 0 Å². The Labute approximate surface area is 116 Å². The van der Waals surface area contributed by atoms with Crippen LogP contribution in [0.15, 0.2) is 24.5 Å². The van der Waals surface area contributed by atoms with E-state index in [4.69, 9.17) is 5.73 Å². The van der Waals surface area contributed by atoms with Crippen molar-refractivity contribution in [3.63, 3.8) is 0 Å². The number of halogens is 3. The van der Waals surface area contributed by atoms with Crippen LogP contribution in [0.5, 0.6) is 0 Å². The fourth-order valence-electron chi connectivity index (χ4n) is 1.59. The first-order valence-electron chi connectivity index (χ1n) is 5.58. The van der Waals surface area contributed by atoms with Crippen LogP contribution in [0.3, 0.4) is 0 Å². The molecule has 0 aliphatic heterocycles. The molecule has 0 atom stereocenters. The highest BCUT2D eigenvalue weighted by Gasteiger charge is 2.21. The van der Waals surface area contributed by atoms with Crippen molar-refractivity contribution in [1.82, 2.24) is 4.98 Å². The van der Waals surface area contributed by atoms with Gasteiger partial charge in [-0.1, -0.05) is 0 Å². The zero-order valence-corrected chi connectivity index (χ0v) is 10.3. The molecule has 3 amide bonds. The number of hydrogen-bond acceptors (Lipinski definition) is 2. The Morgan fingerprint density at radius 1 is 1.14 bits per heavy atom. The van der Waals surface area contributed by atoms with Crippen molar-refractivity contribution in [1.29, 1.82) is 0 Å². The first-order valence-corrected chi connectivity index (χ1v) is 5.58. The van der Waals surface area contributed by atoms with E-state index < -0.39 is 40.8 Å². The van der Waals surface area contributed by atoms with Crippen molar-refractivity contribution in [2.75, 3.05) is 10.6 Å². The van der Waals surface area contributed by atoms with E-state index in [1.54, 1.807) is 5.32 Å². The average molecular weight is 298 g/mol. The number of carbonyl (C=O) groups is 2. The Morgan fingerprint density at radius 2 is 1.86 bits per heavy atom. The van der Waals surface area contributed by atoms with E-state index in [-0.39, 0.29) is 5.56 Å². The first kappa shape index (κ1) is 14.4. The number of aromatic nitrogens is 1. The molecule has 110 valence electrons. The summed E-state index contributed by atoms with van der Waals surface area (Å²) in [5, 5.41) is 3.68. The number of amides is 3. The summed E-state index contributed by atoms with van der Waals surface area (Å²) in [7, 11) is 0. The van der Waals surface area contributed by atoms with Gasteiger partial charge in [-0.05, 0) is 6.07 Å². The molecule has 5 N–H and O–H groups in total. The minimum Gasteiger partial charge on any atom is -0.367 e. The Kier molecular flexibility index (Phi) is 3.83. The molecule has 1 aromatic carbocycles. The SMILES string of the molecule is NC(=O)Nc1c(F)c(F)cc(NC(=O)c2cc[nH]c2)c1F. The molecule has 0 aliphatic carbocycles. The number of anilines is 2. The van der Waals surface area contributed by atoms with Crippen LogP contribution in [0.4, 0.5) is 29.3 Å². The van der Waals surface area contributed by atoms with E-state index >= 15 is 0 Å². The van der Waals surface area contributed by atoms with Gasteiger partial charge in [-0.3, -0.25) is 4.79 Å². The molecular formula is C12H9F3N4O2. The standard InChI is InChI=1S/C12H9F3N4O2/c13-6-3-7(18-11(20)5-1-2-17-4-5)9(15)10(8(6)14)19-12(16)21/h1-4,17H,(H,18,20)(H3,16,19,21). The maximum absolute atomic E-state index is 14.0. The van der Waals surface area contributed by atoms with Gasteiger partial charge in [0.15, 0.2) is 17.5 Å². The van der Waals surface area contributed by atoms with Gasteiger partial charge < -0.3 is 21.4 Å². The number of urea groups is 1. The molecule has 0 unspecified atom stereocenters. The van der Waals surface area contributed by atoms with E-state index in [1.807, 2.05) is 0 Å². The predicted molar refractivity (Wildman–Crippen MR) is 68.3 cm³/mol. The Balaban J connectivity index is 2.38. The summed E-state index contributed by atoms with van der Waals surface area (Å²) in [4.78, 5) is 25.0.